The largest absolute Gasteiger partial charge is 0.471 e. The maximum Gasteiger partial charge on any atom is 0.471 e. The standard InChI is InChI=1S/C3H8NO5P/c1-3(5)4-2-9-10(6,7)8/h2H2,1H3,(H,4,5)(H2,6,7,8). The van der Waals surface area contributed by atoms with Gasteiger partial charge in [-0.1, -0.05) is 0 Å². The number of carbonyl (C=O) groups is 1. The third kappa shape index (κ3) is 7.58. The third-order valence-electron chi connectivity index (χ3n) is 0.554. The summed E-state index contributed by atoms with van der Waals surface area (Å²) in [5, 5.41) is 2.05. The molecule has 0 aliphatic carbocycles. The molecule has 0 aromatic rings. The van der Waals surface area contributed by atoms with Crippen molar-refractivity contribution < 1.29 is 23.7 Å². The summed E-state index contributed by atoms with van der Waals surface area (Å²) >= 11 is 0. The van der Waals surface area contributed by atoms with E-state index in [9.17, 15) is 9.36 Å². The Morgan fingerprint density at radius 2 is 2.20 bits per heavy atom. The summed E-state index contributed by atoms with van der Waals surface area (Å²) in [4.78, 5) is 26.2. The lowest BCUT2D eigenvalue weighted by molar-refractivity contribution is -0.119. The molecule has 1 amide bonds. The van der Waals surface area contributed by atoms with Crippen molar-refractivity contribution in [3.8, 4) is 0 Å². The van der Waals surface area contributed by atoms with Crippen molar-refractivity contribution in [3.63, 3.8) is 0 Å². The molecule has 0 aliphatic rings. The van der Waals surface area contributed by atoms with Crippen LogP contribution in [0.4, 0.5) is 0 Å². The van der Waals surface area contributed by atoms with Crippen molar-refractivity contribution in [1.29, 1.82) is 0 Å². The van der Waals surface area contributed by atoms with Crippen LogP contribution in [0.25, 0.3) is 0 Å². The molecular formula is C3H8NO5P. The molecule has 0 unspecified atom stereocenters. The fourth-order valence-electron chi connectivity index (χ4n) is 0.218. The molecule has 7 heteroatoms. The summed E-state index contributed by atoms with van der Waals surface area (Å²) in [6, 6.07) is 0. The monoisotopic (exact) mass is 169 g/mol. The lowest BCUT2D eigenvalue weighted by atomic mass is 10.7. The number of carbonyl (C=O) groups excluding carboxylic acids is 1. The summed E-state index contributed by atoms with van der Waals surface area (Å²) in [7, 11) is -4.44. The van der Waals surface area contributed by atoms with Gasteiger partial charge in [0.05, 0.1) is 0 Å². The topological polar surface area (TPSA) is 95.9 Å². The maximum atomic E-state index is 10.1. The molecule has 0 bridgehead atoms. The van der Waals surface area contributed by atoms with Gasteiger partial charge in [-0.15, -0.1) is 0 Å². The first-order valence-electron chi connectivity index (χ1n) is 2.36. The van der Waals surface area contributed by atoms with E-state index in [4.69, 9.17) is 9.79 Å². The second kappa shape index (κ2) is 3.68. The van der Waals surface area contributed by atoms with Gasteiger partial charge < -0.3 is 15.1 Å². The normalized spacial score (nSPS) is 11.1. The zero-order valence-corrected chi connectivity index (χ0v) is 6.17. The Kier molecular flexibility index (Phi) is 3.52. The van der Waals surface area contributed by atoms with Crippen LogP contribution in [0.5, 0.6) is 0 Å². The van der Waals surface area contributed by atoms with E-state index in [0.717, 1.165) is 0 Å². The Labute approximate surface area is 57.4 Å². The minimum absolute atomic E-state index is 0.409. The van der Waals surface area contributed by atoms with Gasteiger partial charge >= 0.3 is 7.82 Å². The number of phosphoric acid groups is 1. The van der Waals surface area contributed by atoms with Gasteiger partial charge in [0, 0.05) is 6.92 Å². The molecule has 3 N–H and O–H groups in total. The summed E-state index contributed by atoms with van der Waals surface area (Å²) in [6.07, 6.45) is 0. The molecule has 0 aliphatic heterocycles. The van der Waals surface area contributed by atoms with Gasteiger partial charge in [0.15, 0.2) is 0 Å². The molecule has 0 spiro atoms. The molecule has 60 valence electrons. The van der Waals surface area contributed by atoms with E-state index in [0.29, 0.717) is 0 Å². The molecule has 0 atom stereocenters. The fourth-order valence-corrected chi connectivity index (χ4v) is 0.451. The fraction of sp³-hybridized carbons (Fsp3) is 0.667. The summed E-state index contributed by atoms with van der Waals surface area (Å²) < 4.78 is 13.8. The van der Waals surface area contributed by atoms with E-state index < -0.39 is 20.5 Å². The highest BCUT2D eigenvalue weighted by Gasteiger charge is 2.12. The molecule has 0 fully saturated rings. The summed E-state index contributed by atoms with van der Waals surface area (Å²) in [5.74, 6) is -0.409. The van der Waals surface area contributed by atoms with Crippen molar-refractivity contribution >= 4 is 13.7 Å². The van der Waals surface area contributed by atoms with Crippen LogP contribution in [0.1, 0.15) is 6.92 Å². The predicted molar refractivity (Wildman–Crippen MR) is 31.8 cm³/mol. The number of rotatable bonds is 3. The molecular weight excluding hydrogens is 161 g/mol. The van der Waals surface area contributed by atoms with Gasteiger partial charge in [0.1, 0.15) is 6.73 Å². The zero-order valence-electron chi connectivity index (χ0n) is 5.27. The number of hydrogen-bond donors (Lipinski definition) is 3. The van der Waals surface area contributed by atoms with Crippen molar-refractivity contribution in [2.75, 3.05) is 6.73 Å². The first-order valence-corrected chi connectivity index (χ1v) is 3.89. The average molecular weight is 169 g/mol. The third-order valence-corrected chi connectivity index (χ3v) is 1.02. The highest BCUT2D eigenvalue weighted by molar-refractivity contribution is 7.46. The van der Waals surface area contributed by atoms with Gasteiger partial charge in [-0.05, 0) is 0 Å². The van der Waals surface area contributed by atoms with Crippen molar-refractivity contribution in [2.24, 2.45) is 0 Å². The zero-order chi connectivity index (χ0) is 8.20. The van der Waals surface area contributed by atoms with Gasteiger partial charge in [-0.25, -0.2) is 4.57 Å². The molecule has 6 nitrogen and oxygen atoms in total. The van der Waals surface area contributed by atoms with Gasteiger partial charge in [0.2, 0.25) is 5.91 Å². The number of amides is 1. The average Bonchev–Trinajstić information content (AvgIpc) is 1.59. The van der Waals surface area contributed by atoms with Crippen LogP contribution in [0.15, 0.2) is 0 Å². The SMILES string of the molecule is CC(=O)NCOP(=O)(O)O. The van der Waals surface area contributed by atoms with E-state index in [1.54, 1.807) is 0 Å². The minimum atomic E-state index is -4.44. The van der Waals surface area contributed by atoms with Crippen LogP contribution >= 0.6 is 7.82 Å². The predicted octanol–water partition coefficient (Wildman–Crippen LogP) is -0.811. The quantitative estimate of drug-likeness (QED) is 0.379. The molecule has 10 heavy (non-hydrogen) atoms. The van der Waals surface area contributed by atoms with Crippen LogP contribution in [-0.4, -0.2) is 22.4 Å². The van der Waals surface area contributed by atoms with E-state index in [1.165, 1.54) is 6.92 Å². The Balaban J connectivity index is 3.39. The van der Waals surface area contributed by atoms with Crippen molar-refractivity contribution in [2.45, 2.75) is 6.92 Å². The first kappa shape index (κ1) is 9.58. The van der Waals surface area contributed by atoms with Crippen molar-refractivity contribution in [3.05, 3.63) is 0 Å². The van der Waals surface area contributed by atoms with Crippen LogP contribution in [0.2, 0.25) is 0 Å². The Hall–Kier alpha value is -0.420. The van der Waals surface area contributed by atoms with Crippen LogP contribution in [0, 0.1) is 0 Å². The Morgan fingerprint density at radius 1 is 1.70 bits per heavy atom. The van der Waals surface area contributed by atoms with Gasteiger partial charge in [0.25, 0.3) is 0 Å². The van der Waals surface area contributed by atoms with Gasteiger partial charge in [-0.3, -0.25) is 9.32 Å². The second-order valence-corrected chi connectivity index (χ2v) is 2.74. The van der Waals surface area contributed by atoms with E-state index in [-0.39, 0.29) is 0 Å². The lowest BCUT2D eigenvalue weighted by Crippen LogP contribution is -2.22. The molecule has 0 aromatic carbocycles. The minimum Gasteiger partial charge on any atom is -0.333 e. The van der Waals surface area contributed by atoms with Crippen LogP contribution < -0.4 is 5.32 Å². The van der Waals surface area contributed by atoms with E-state index in [2.05, 4.69) is 4.52 Å². The lowest BCUT2D eigenvalue weighted by Gasteiger charge is -2.03. The summed E-state index contributed by atoms with van der Waals surface area (Å²) in [6.45, 7) is 0.739. The molecule has 0 heterocycles. The number of hydrogen-bond acceptors (Lipinski definition) is 3. The van der Waals surface area contributed by atoms with E-state index in [1.807, 2.05) is 5.32 Å². The van der Waals surface area contributed by atoms with Gasteiger partial charge in [-0.2, -0.15) is 0 Å². The first-order chi connectivity index (χ1) is 4.42. The maximum absolute atomic E-state index is 10.1. The highest BCUT2D eigenvalue weighted by Crippen LogP contribution is 2.34. The van der Waals surface area contributed by atoms with Crippen LogP contribution in [0.3, 0.4) is 0 Å². The highest BCUT2D eigenvalue weighted by atomic mass is 31.2. The molecule has 0 rings (SSSR count). The Morgan fingerprint density at radius 3 is 2.50 bits per heavy atom. The van der Waals surface area contributed by atoms with Crippen LogP contribution in [-0.2, 0) is 13.9 Å². The Bertz CT molecular complexity index is 162. The molecule has 0 saturated carbocycles. The molecule has 0 saturated heterocycles. The second-order valence-electron chi connectivity index (χ2n) is 1.50. The molecule has 0 aromatic heterocycles. The number of phosphoric ester groups is 1. The number of nitrogens with one attached hydrogen (secondary N) is 1. The van der Waals surface area contributed by atoms with Crippen molar-refractivity contribution in [1.82, 2.24) is 5.32 Å². The smallest absolute Gasteiger partial charge is 0.333 e. The summed E-state index contributed by atoms with van der Waals surface area (Å²) in [5.41, 5.74) is 0. The molecule has 0 radical (unpaired) electrons. The van der Waals surface area contributed by atoms with E-state index >= 15 is 0 Å².